The summed E-state index contributed by atoms with van der Waals surface area (Å²) in [6.45, 7) is 0. The molecule has 0 radical (unpaired) electrons. The molecular weight excluding hydrogens is 250 g/mol. The molecule has 0 spiro atoms. The van der Waals surface area contributed by atoms with Gasteiger partial charge < -0.3 is 10.1 Å². The molecule has 7 nitrogen and oxygen atoms in total. The number of pyridine rings is 1. The van der Waals surface area contributed by atoms with E-state index in [0.29, 0.717) is 17.9 Å². The Balaban J connectivity index is 2.00. The van der Waals surface area contributed by atoms with Crippen molar-refractivity contribution in [3.8, 4) is 5.88 Å². The van der Waals surface area contributed by atoms with E-state index in [0.717, 1.165) is 0 Å². The highest BCUT2D eigenvalue weighted by Crippen LogP contribution is 2.09. The largest absolute Gasteiger partial charge is 0.481 e. The standard InChI is InChI=1S/C12H13N3O4/c1-19-10-5-2-7(6-13-10)11(17)14-8-3-4-9(16)15-12(8)18/h2,5-6,8H,3-4H2,1H3,(H,14,17)(H,15,16,18). The summed E-state index contributed by atoms with van der Waals surface area (Å²) in [6.07, 6.45) is 1.89. The summed E-state index contributed by atoms with van der Waals surface area (Å²) in [6, 6.07) is 2.42. The number of piperidine rings is 1. The average Bonchev–Trinajstić information content (AvgIpc) is 2.42. The van der Waals surface area contributed by atoms with Gasteiger partial charge in [-0.1, -0.05) is 0 Å². The summed E-state index contributed by atoms with van der Waals surface area (Å²) < 4.78 is 4.88. The highest BCUT2D eigenvalue weighted by molar-refractivity contribution is 6.03. The van der Waals surface area contributed by atoms with Gasteiger partial charge in [0.1, 0.15) is 6.04 Å². The number of nitrogens with one attached hydrogen (secondary N) is 2. The Labute approximate surface area is 109 Å². The van der Waals surface area contributed by atoms with Crippen molar-refractivity contribution in [3.05, 3.63) is 23.9 Å². The van der Waals surface area contributed by atoms with Crippen molar-refractivity contribution in [2.24, 2.45) is 0 Å². The van der Waals surface area contributed by atoms with Crippen molar-refractivity contribution in [2.45, 2.75) is 18.9 Å². The maximum Gasteiger partial charge on any atom is 0.253 e. The molecule has 0 saturated carbocycles. The van der Waals surface area contributed by atoms with E-state index in [1.807, 2.05) is 0 Å². The molecule has 100 valence electrons. The summed E-state index contributed by atoms with van der Waals surface area (Å²) in [5, 5.41) is 4.74. The number of rotatable bonds is 3. The summed E-state index contributed by atoms with van der Waals surface area (Å²) >= 11 is 0. The van der Waals surface area contributed by atoms with Crippen molar-refractivity contribution in [2.75, 3.05) is 7.11 Å². The summed E-state index contributed by atoms with van der Waals surface area (Å²) in [5.41, 5.74) is 0.325. The van der Waals surface area contributed by atoms with Gasteiger partial charge in [0.05, 0.1) is 12.7 Å². The van der Waals surface area contributed by atoms with Gasteiger partial charge in [0.2, 0.25) is 17.7 Å². The lowest BCUT2D eigenvalue weighted by atomic mass is 10.1. The molecule has 7 heteroatoms. The zero-order valence-electron chi connectivity index (χ0n) is 10.3. The van der Waals surface area contributed by atoms with Crippen molar-refractivity contribution >= 4 is 17.7 Å². The van der Waals surface area contributed by atoms with Gasteiger partial charge >= 0.3 is 0 Å². The first-order valence-corrected chi connectivity index (χ1v) is 5.75. The first-order valence-electron chi connectivity index (χ1n) is 5.75. The minimum absolute atomic E-state index is 0.220. The number of amides is 3. The quantitative estimate of drug-likeness (QED) is 0.725. The molecule has 1 aromatic heterocycles. The van der Waals surface area contributed by atoms with Crippen LogP contribution in [0.15, 0.2) is 18.3 Å². The number of ether oxygens (including phenoxy) is 1. The van der Waals surface area contributed by atoms with Crippen molar-refractivity contribution in [1.29, 1.82) is 0 Å². The normalized spacial score (nSPS) is 18.7. The van der Waals surface area contributed by atoms with Crippen LogP contribution in [0, 0.1) is 0 Å². The van der Waals surface area contributed by atoms with Gasteiger partial charge in [0.25, 0.3) is 5.91 Å². The van der Waals surface area contributed by atoms with E-state index in [9.17, 15) is 14.4 Å². The maximum absolute atomic E-state index is 11.9. The molecule has 0 aromatic carbocycles. The topological polar surface area (TPSA) is 97.4 Å². The van der Waals surface area contributed by atoms with Crippen molar-refractivity contribution in [1.82, 2.24) is 15.6 Å². The Hall–Kier alpha value is -2.44. The highest BCUT2D eigenvalue weighted by Gasteiger charge is 2.28. The first kappa shape index (κ1) is 13.0. The molecule has 2 heterocycles. The van der Waals surface area contributed by atoms with Gasteiger partial charge in [-0.2, -0.15) is 0 Å². The second-order valence-electron chi connectivity index (χ2n) is 4.07. The maximum atomic E-state index is 11.9. The van der Waals surface area contributed by atoms with E-state index in [1.165, 1.54) is 13.3 Å². The number of methoxy groups -OCH3 is 1. The lowest BCUT2D eigenvalue weighted by Gasteiger charge is -2.21. The third kappa shape index (κ3) is 3.06. The van der Waals surface area contributed by atoms with Crippen LogP contribution in [0.1, 0.15) is 23.2 Å². The molecule has 1 aliphatic rings. The van der Waals surface area contributed by atoms with Crippen molar-refractivity contribution < 1.29 is 19.1 Å². The van der Waals surface area contributed by atoms with E-state index in [4.69, 9.17) is 4.74 Å². The Morgan fingerprint density at radius 3 is 2.84 bits per heavy atom. The lowest BCUT2D eigenvalue weighted by Crippen LogP contribution is -2.52. The van der Waals surface area contributed by atoms with Gasteiger partial charge in [-0.15, -0.1) is 0 Å². The molecular formula is C12H13N3O4. The molecule has 2 N–H and O–H groups in total. The monoisotopic (exact) mass is 263 g/mol. The number of aromatic nitrogens is 1. The molecule has 1 aliphatic heterocycles. The fourth-order valence-corrected chi connectivity index (χ4v) is 1.71. The van der Waals surface area contributed by atoms with Gasteiger partial charge in [-0.3, -0.25) is 19.7 Å². The molecule has 1 aromatic rings. The van der Waals surface area contributed by atoms with Crippen LogP contribution in [0.3, 0.4) is 0 Å². The minimum Gasteiger partial charge on any atom is -0.481 e. The Bertz CT molecular complexity index is 512. The van der Waals surface area contributed by atoms with E-state index >= 15 is 0 Å². The molecule has 1 atom stereocenters. The van der Waals surface area contributed by atoms with E-state index in [1.54, 1.807) is 12.1 Å². The van der Waals surface area contributed by atoms with Crippen molar-refractivity contribution in [3.63, 3.8) is 0 Å². The van der Waals surface area contributed by atoms with Crippen LogP contribution in [-0.4, -0.2) is 35.9 Å². The molecule has 19 heavy (non-hydrogen) atoms. The zero-order valence-corrected chi connectivity index (χ0v) is 10.3. The van der Waals surface area contributed by atoms with Crippen LogP contribution in [0.5, 0.6) is 5.88 Å². The molecule has 0 bridgehead atoms. The fraction of sp³-hybridized carbons (Fsp3) is 0.333. The predicted molar refractivity (Wildman–Crippen MR) is 64.4 cm³/mol. The summed E-state index contributed by atoms with van der Waals surface area (Å²) in [7, 11) is 1.48. The SMILES string of the molecule is COc1ccc(C(=O)NC2CCC(=O)NC2=O)cn1. The average molecular weight is 263 g/mol. The van der Waals surface area contributed by atoms with Crippen LogP contribution in [0.25, 0.3) is 0 Å². The van der Waals surface area contributed by atoms with Crippen LogP contribution < -0.4 is 15.4 Å². The third-order valence-electron chi connectivity index (χ3n) is 2.75. The Morgan fingerprint density at radius 1 is 1.47 bits per heavy atom. The number of hydrogen-bond donors (Lipinski definition) is 2. The number of imide groups is 1. The Morgan fingerprint density at radius 2 is 2.26 bits per heavy atom. The lowest BCUT2D eigenvalue weighted by molar-refractivity contribution is -0.134. The second-order valence-corrected chi connectivity index (χ2v) is 4.07. The molecule has 3 amide bonds. The summed E-state index contributed by atoms with van der Waals surface area (Å²) in [4.78, 5) is 38.3. The smallest absolute Gasteiger partial charge is 0.253 e. The number of nitrogens with zero attached hydrogens (tertiary/aromatic N) is 1. The Kier molecular flexibility index (Phi) is 3.74. The fourth-order valence-electron chi connectivity index (χ4n) is 1.71. The molecule has 1 fully saturated rings. The van der Waals surface area contributed by atoms with Gasteiger partial charge in [0.15, 0.2) is 0 Å². The van der Waals surface area contributed by atoms with Gasteiger partial charge in [0, 0.05) is 18.7 Å². The molecule has 1 unspecified atom stereocenters. The molecule has 0 aliphatic carbocycles. The third-order valence-corrected chi connectivity index (χ3v) is 2.75. The minimum atomic E-state index is -0.688. The van der Waals surface area contributed by atoms with Crippen LogP contribution in [-0.2, 0) is 9.59 Å². The van der Waals surface area contributed by atoms with Crippen LogP contribution in [0.2, 0.25) is 0 Å². The first-order chi connectivity index (χ1) is 9.10. The summed E-state index contributed by atoms with van der Waals surface area (Å²) in [5.74, 6) is -0.810. The number of carbonyl (C=O) groups excluding carboxylic acids is 3. The van der Waals surface area contributed by atoms with Crippen LogP contribution >= 0.6 is 0 Å². The van der Waals surface area contributed by atoms with Gasteiger partial charge in [-0.05, 0) is 12.5 Å². The number of carbonyl (C=O) groups is 3. The number of hydrogen-bond acceptors (Lipinski definition) is 5. The molecule has 2 rings (SSSR count). The second kappa shape index (κ2) is 5.47. The predicted octanol–water partition coefficient (Wildman–Crippen LogP) is -0.375. The highest BCUT2D eigenvalue weighted by atomic mass is 16.5. The van der Waals surface area contributed by atoms with E-state index in [2.05, 4.69) is 15.6 Å². The van der Waals surface area contributed by atoms with Crippen LogP contribution in [0.4, 0.5) is 0 Å². The van der Waals surface area contributed by atoms with E-state index in [-0.39, 0.29) is 12.3 Å². The van der Waals surface area contributed by atoms with Gasteiger partial charge in [-0.25, -0.2) is 4.98 Å². The molecule has 1 saturated heterocycles. The van der Waals surface area contributed by atoms with E-state index < -0.39 is 17.9 Å². The zero-order chi connectivity index (χ0) is 13.8.